The van der Waals surface area contributed by atoms with Crippen LogP contribution in [-0.4, -0.2) is 10.5 Å². The summed E-state index contributed by atoms with van der Waals surface area (Å²) in [6, 6.07) is 15.6. The van der Waals surface area contributed by atoms with Crippen LogP contribution in [0.2, 0.25) is 0 Å². The third-order valence-electron chi connectivity index (χ3n) is 5.20. The van der Waals surface area contributed by atoms with Crippen molar-refractivity contribution in [3.63, 3.8) is 0 Å². The lowest BCUT2D eigenvalue weighted by atomic mass is 9.91. The van der Waals surface area contributed by atoms with Crippen molar-refractivity contribution in [2.75, 3.05) is 0 Å². The predicted octanol–water partition coefficient (Wildman–Crippen LogP) is 6.71. The zero-order chi connectivity index (χ0) is 19.6. The van der Waals surface area contributed by atoms with E-state index < -0.39 is 6.10 Å². The van der Waals surface area contributed by atoms with Gasteiger partial charge in [0.2, 0.25) is 0 Å². The van der Waals surface area contributed by atoms with E-state index in [0.717, 1.165) is 35.1 Å². The predicted molar refractivity (Wildman–Crippen MR) is 108 cm³/mol. The van der Waals surface area contributed by atoms with E-state index in [4.69, 9.17) is 9.78 Å². The molecule has 0 aromatic heterocycles. The molecular formula is C23H32O4. The molecule has 0 saturated heterocycles. The molecule has 2 aromatic rings. The van der Waals surface area contributed by atoms with Crippen molar-refractivity contribution in [1.29, 1.82) is 0 Å². The molecule has 3 unspecified atom stereocenters. The van der Waals surface area contributed by atoms with Crippen molar-refractivity contribution in [2.45, 2.75) is 65.1 Å². The number of rotatable bonds is 11. The van der Waals surface area contributed by atoms with Crippen LogP contribution in [0.25, 0.3) is 0 Å². The van der Waals surface area contributed by atoms with Gasteiger partial charge in [0.15, 0.2) is 0 Å². The van der Waals surface area contributed by atoms with Crippen molar-refractivity contribution < 1.29 is 20.3 Å². The molecule has 2 rings (SSSR count). The van der Waals surface area contributed by atoms with Crippen LogP contribution in [-0.2, 0) is 9.78 Å². The average Bonchev–Trinajstić information content (AvgIpc) is 2.69. The summed E-state index contributed by atoms with van der Waals surface area (Å²) in [5.74, 6) is 0.222. The molecule has 0 heterocycles. The summed E-state index contributed by atoms with van der Waals surface area (Å²) in [4.78, 5) is 9.53. The lowest BCUT2D eigenvalue weighted by Crippen LogP contribution is -2.13. The Hall–Kier alpha value is -1.72. The summed E-state index contributed by atoms with van der Waals surface area (Å²) in [6.45, 7) is 6.32. The maximum Gasteiger partial charge on any atom is 0.143 e. The normalized spacial score (nSPS) is 14.7. The summed E-state index contributed by atoms with van der Waals surface area (Å²) in [5.41, 5.74) is 3.80. The summed E-state index contributed by atoms with van der Waals surface area (Å²) in [6.07, 6.45) is 4.93. The van der Waals surface area contributed by atoms with Gasteiger partial charge in [-0.1, -0.05) is 93.6 Å². The Morgan fingerprint density at radius 1 is 0.778 bits per heavy atom. The van der Waals surface area contributed by atoms with Crippen molar-refractivity contribution in [2.24, 2.45) is 5.92 Å². The molecule has 0 aliphatic carbocycles. The van der Waals surface area contributed by atoms with Gasteiger partial charge in [0.1, 0.15) is 12.2 Å². The minimum absolute atomic E-state index is 0.222. The molecule has 0 aliphatic rings. The molecule has 0 fully saturated rings. The van der Waals surface area contributed by atoms with Crippen LogP contribution in [0.3, 0.4) is 0 Å². The fraction of sp³-hybridized carbons (Fsp3) is 0.478. The standard InChI is InChI=1S/C23H32O4/c1-4-5-6-7-8-18(3)22(26-24)19-13-15-21(16-14-19)23(27-25)20-11-9-17(2)10-12-20/h9-16,18,22-25H,4-8H2,1-3H3. The molecular weight excluding hydrogens is 340 g/mol. The Bertz CT molecular complexity index is 651. The fourth-order valence-corrected chi connectivity index (χ4v) is 3.45. The van der Waals surface area contributed by atoms with Crippen molar-refractivity contribution >= 4 is 0 Å². The first-order valence-electron chi connectivity index (χ1n) is 9.87. The SMILES string of the molecule is CCCCCCC(C)C(OO)c1ccc(C(OO)c2ccc(C)cc2)cc1. The van der Waals surface area contributed by atoms with Gasteiger partial charge in [-0.2, -0.15) is 0 Å². The summed E-state index contributed by atoms with van der Waals surface area (Å²) < 4.78 is 0. The Balaban J connectivity index is 2.08. The topological polar surface area (TPSA) is 58.9 Å². The lowest BCUT2D eigenvalue weighted by Gasteiger charge is -2.22. The smallest absolute Gasteiger partial charge is 0.143 e. The molecule has 148 valence electrons. The van der Waals surface area contributed by atoms with Gasteiger partial charge < -0.3 is 0 Å². The van der Waals surface area contributed by atoms with E-state index in [1.54, 1.807) is 0 Å². The van der Waals surface area contributed by atoms with E-state index in [0.29, 0.717) is 0 Å². The van der Waals surface area contributed by atoms with E-state index in [1.165, 1.54) is 19.3 Å². The summed E-state index contributed by atoms with van der Waals surface area (Å²) in [7, 11) is 0. The Labute approximate surface area is 162 Å². The highest BCUT2D eigenvalue weighted by molar-refractivity contribution is 5.34. The number of hydrogen-bond acceptors (Lipinski definition) is 4. The summed E-state index contributed by atoms with van der Waals surface area (Å²) in [5, 5.41) is 18.8. The summed E-state index contributed by atoms with van der Waals surface area (Å²) >= 11 is 0. The zero-order valence-electron chi connectivity index (χ0n) is 16.6. The van der Waals surface area contributed by atoms with Crippen LogP contribution in [0, 0.1) is 12.8 Å². The van der Waals surface area contributed by atoms with Crippen LogP contribution in [0.4, 0.5) is 0 Å². The van der Waals surface area contributed by atoms with Gasteiger partial charge in [-0.15, -0.1) is 0 Å². The molecule has 27 heavy (non-hydrogen) atoms. The lowest BCUT2D eigenvalue weighted by molar-refractivity contribution is -0.293. The van der Waals surface area contributed by atoms with E-state index >= 15 is 0 Å². The maximum absolute atomic E-state index is 9.42. The second-order valence-electron chi connectivity index (χ2n) is 7.42. The van der Waals surface area contributed by atoms with E-state index in [-0.39, 0.29) is 12.0 Å². The van der Waals surface area contributed by atoms with Crippen molar-refractivity contribution in [1.82, 2.24) is 0 Å². The number of hydrogen-bond donors (Lipinski definition) is 2. The Morgan fingerprint density at radius 3 is 1.85 bits per heavy atom. The Morgan fingerprint density at radius 2 is 1.33 bits per heavy atom. The highest BCUT2D eigenvalue weighted by atomic mass is 17.1. The molecule has 2 aromatic carbocycles. The highest BCUT2D eigenvalue weighted by Gasteiger charge is 2.21. The maximum atomic E-state index is 9.42. The van der Waals surface area contributed by atoms with Crippen molar-refractivity contribution in [3.05, 3.63) is 70.8 Å². The van der Waals surface area contributed by atoms with Gasteiger partial charge in [-0.25, -0.2) is 9.78 Å². The average molecular weight is 373 g/mol. The van der Waals surface area contributed by atoms with Crippen molar-refractivity contribution in [3.8, 4) is 0 Å². The first-order valence-corrected chi connectivity index (χ1v) is 9.87. The van der Waals surface area contributed by atoms with Gasteiger partial charge in [-0.3, -0.25) is 10.5 Å². The molecule has 4 nitrogen and oxygen atoms in total. The van der Waals surface area contributed by atoms with Gasteiger partial charge >= 0.3 is 0 Å². The number of benzene rings is 2. The molecule has 0 radical (unpaired) electrons. The van der Waals surface area contributed by atoms with Gasteiger partial charge in [0.05, 0.1) is 0 Å². The van der Waals surface area contributed by atoms with Crippen LogP contribution < -0.4 is 0 Å². The molecule has 0 amide bonds. The molecule has 3 atom stereocenters. The first-order chi connectivity index (χ1) is 13.1. The molecule has 0 saturated carbocycles. The van der Waals surface area contributed by atoms with Gasteiger partial charge in [0.25, 0.3) is 0 Å². The highest BCUT2D eigenvalue weighted by Crippen LogP contribution is 2.32. The quantitative estimate of drug-likeness (QED) is 0.261. The number of aryl methyl sites for hydroxylation is 1. The van der Waals surface area contributed by atoms with Crippen LogP contribution >= 0.6 is 0 Å². The zero-order valence-corrected chi connectivity index (χ0v) is 16.6. The van der Waals surface area contributed by atoms with Gasteiger partial charge in [-0.05, 0) is 36.0 Å². The third kappa shape index (κ3) is 6.15. The molecule has 4 heteroatoms. The minimum atomic E-state index is -0.542. The van der Waals surface area contributed by atoms with Gasteiger partial charge in [0, 0.05) is 0 Å². The second-order valence-corrected chi connectivity index (χ2v) is 7.42. The van der Waals surface area contributed by atoms with E-state index in [1.807, 2.05) is 55.5 Å². The first kappa shape index (κ1) is 21.6. The molecule has 2 N–H and O–H groups in total. The van der Waals surface area contributed by atoms with Crippen LogP contribution in [0.5, 0.6) is 0 Å². The molecule has 0 spiro atoms. The largest absolute Gasteiger partial charge is 0.251 e. The second kappa shape index (κ2) is 11.2. The van der Waals surface area contributed by atoms with Crippen LogP contribution in [0.15, 0.2) is 48.5 Å². The monoisotopic (exact) mass is 372 g/mol. The molecule has 0 bridgehead atoms. The minimum Gasteiger partial charge on any atom is -0.251 e. The van der Waals surface area contributed by atoms with Crippen LogP contribution in [0.1, 0.15) is 80.4 Å². The van der Waals surface area contributed by atoms with E-state index in [2.05, 4.69) is 13.8 Å². The number of unbranched alkanes of at least 4 members (excludes halogenated alkanes) is 3. The van der Waals surface area contributed by atoms with E-state index in [9.17, 15) is 10.5 Å². The Kier molecular flexibility index (Phi) is 8.95. The fourth-order valence-electron chi connectivity index (χ4n) is 3.45. The molecule has 0 aliphatic heterocycles. The third-order valence-corrected chi connectivity index (χ3v) is 5.20.